The van der Waals surface area contributed by atoms with Crippen LogP contribution in [0, 0.1) is 5.92 Å². The molecule has 0 aliphatic carbocycles. The van der Waals surface area contributed by atoms with Gasteiger partial charge in [0.15, 0.2) is 11.3 Å². The molecule has 132 valence electrons. The van der Waals surface area contributed by atoms with E-state index in [1.807, 2.05) is 37.3 Å². The Morgan fingerprint density at radius 2 is 1.68 bits per heavy atom. The van der Waals surface area contributed by atoms with E-state index < -0.39 is 17.3 Å². The summed E-state index contributed by atoms with van der Waals surface area (Å²) in [6.07, 6.45) is 0.567. The molecule has 0 amide bonds. The maximum Gasteiger partial charge on any atom is 0.334 e. The molecule has 5 nitrogen and oxygen atoms in total. The van der Waals surface area contributed by atoms with Gasteiger partial charge in [-0.25, -0.2) is 4.79 Å². The number of carbonyl (C=O) groups is 2. The molecule has 2 rings (SSSR count). The average Bonchev–Trinajstić information content (AvgIpc) is 2.65. The van der Waals surface area contributed by atoms with Crippen molar-refractivity contribution in [2.45, 2.75) is 32.4 Å². The lowest BCUT2D eigenvalue weighted by atomic mass is 9.78. The Morgan fingerprint density at radius 1 is 1.08 bits per heavy atom. The summed E-state index contributed by atoms with van der Waals surface area (Å²) in [7, 11) is 0. The number of Topliss-reactive ketones (excluding diaryl/α,β-unsaturated/α-hetero) is 1. The van der Waals surface area contributed by atoms with Gasteiger partial charge in [0.25, 0.3) is 0 Å². The van der Waals surface area contributed by atoms with E-state index in [0.29, 0.717) is 17.7 Å². The van der Waals surface area contributed by atoms with Crippen LogP contribution in [0.25, 0.3) is 0 Å². The smallest absolute Gasteiger partial charge is 0.334 e. The molecule has 0 spiro atoms. The molecule has 2 unspecified atom stereocenters. The second-order valence-electron chi connectivity index (χ2n) is 6.19. The summed E-state index contributed by atoms with van der Waals surface area (Å²) in [6.45, 7) is 3.73. The van der Waals surface area contributed by atoms with Crippen molar-refractivity contribution >= 4 is 17.4 Å². The standard InChI is InChI=1S/C20H24N2O3/c1-3-14(2)20(22,18(23)16-9-11-17(21)12-10-16)19(24)25-13-15-7-5-4-6-8-15/h4-12,14H,3,13,21-22H2,1-2H3. The van der Waals surface area contributed by atoms with Gasteiger partial charge in [-0.05, 0) is 35.7 Å². The molecule has 2 aromatic carbocycles. The van der Waals surface area contributed by atoms with Gasteiger partial charge in [0.1, 0.15) is 6.61 Å². The van der Waals surface area contributed by atoms with Crippen LogP contribution in [-0.2, 0) is 16.1 Å². The quantitative estimate of drug-likeness (QED) is 0.350. The summed E-state index contributed by atoms with van der Waals surface area (Å²) in [5, 5.41) is 0. The highest BCUT2D eigenvalue weighted by Gasteiger charge is 2.47. The number of hydrogen-bond acceptors (Lipinski definition) is 5. The molecule has 0 fully saturated rings. The Labute approximate surface area is 148 Å². The first-order chi connectivity index (χ1) is 11.9. The number of nitrogen functional groups attached to an aromatic ring is 1. The van der Waals surface area contributed by atoms with Crippen molar-refractivity contribution in [3.8, 4) is 0 Å². The summed E-state index contributed by atoms with van der Waals surface area (Å²) in [5.74, 6) is -1.55. The second kappa shape index (κ2) is 7.94. The van der Waals surface area contributed by atoms with Gasteiger partial charge in [0, 0.05) is 11.3 Å². The number of esters is 1. The maximum atomic E-state index is 13.0. The molecular weight excluding hydrogens is 316 g/mol. The lowest BCUT2D eigenvalue weighted by Gasteiger charge is -2.31. The van der Waals surface area contributed by atoms with Crippen LogP contribution in [0.15, 0.2) is 54.6 Å². The minimum Gasteiger partial charge on any atom is -0.459 e. The van der Waals surface area contributed by atoms with Gasteiger partial charge in [-0.15, -0.1) is 0 Å². The third kappa shape index (κ3) is 4.06. The molecule has 5 heteroatoms. The lowest BCUT2D eigenvalue weighted by Crippen LogP contribution is -2.60. The van der Waals surface area contributed by atoms with Gasteiger partial charge in [-0.3, -0.25) is 4.79 Å². The van der Waals surface area contributed by atoms with E-state index >= 15 is 0 Å². The maximum absolute atomic E-state index is 13.0. The van der Waals surface area contributed by atoms with E-state index in [1.54, 1.807) is 31.2 Å². The van der Waals surface area contributed by atoms with E-state index in [1.165, 1.54) is 0 Å². The molecule has 0 saturated carbocycles. The average molecular weight is 340 g/mol. The predicted octanol–water partition coefficient (Wildman–Crippen LogP) is 2.94. The predicted molar refractivity (Wildman–Crippen MR) is 97.8 cm³/mol. The molecule has 0 heterocycles. The van der Waals surface area contributed by atoms with Crippen molar-refractivity contribution in [3.63, 3.8) is 0 Å². The largest absolute Gasteiger partial charge is 0.459 e. The van der Waals surface area contributed by atoms with Crippen LogP contribution in [0.5, 0.6) is 0 Å². The fourth-order valence-corrected chi connectivity index (χ4v) is 2.56. The van der Waals surface area contributed by atoms with E-state index in [4.69, 9.17) is 16.2 Å². The number of anilines is 1. The number of benzene rings is 2. The SMILES string of the molecule is CCC(C)C(N)(C(=O)OCc1ccccc1)C(=O)c1ccc(N)cc1. The number of rotatable bonds is 7. The highest BCUT2D eigenvalue weighted by Crippen LogP contribution is 2.25. The summed E-state index contributed by atoms with van der Waals surface area (Å²) in [5.41, 5.74) is 12.0. The van der Waals surface area contributed by atoms with Crippen LogP contribution < -0.4 is 11.5 Å². The molecule has 0 aliphatic rings. The van der Waals surface area contributed by atoms with Crippen molar-refractivity contribution in [2.24, 2.45) is 11.7 Å². The minimum atomic E-state index is -1.74. The highest BCUT2D eigenvalue weighted by molar-refractivity contribution is 6.16. The molecule has 0 aliphatic heterocycles. The van der Waals surface area contributed by atoms with Crippen LogP contribution in [0.3, 0.4) is 0 Å². The zero-order valence-electron chi connectivity index (χ0n) is 14.6. The molecule has 0 bridgehead atoms. The van der Waals surface area contributed by atoms with Gasteiger partial charge in [0.05, 0.1) is 0 Å². The summed E-state index contributed by atoms with van der Waals surface area (Å²) < 4.78 is 5.37. The first-order valence-electron chi connectivity index (χ1n) is 8.30. The Morgan fingerprint density at radius 3 is 2.24 bits per heavy atom. The Bertz CT molecular complexity index is 728. The van der Waals surface area contributed by atoms with E-state index in [-0.39, 0.29) is 12.5 Å². The Kier molecular flexibility index (Phi) is 5.93. The van der Waals surface area contributed by atoms with Gasteiger partial charge < -0.3 is 16.2 Å². The van der Waals surface area contributed by atoms with E-state index in [9.17, 15) is 9.59 Å². The molecule has 2 atom stereocenters. The third-order valence-corrected chi connectivity index (χ3v) is 4.49. The number of ketones is 1. The Balaban J connectivity index is 2.25. The molecular formula is C20H24N2O3. The first kappa shape index (κ1) is 18.7. The number of nitrogens with two attached hydrogens (primary N) is 2. The normalized spacial score (nSPS) is 14.4. The fourth-order valence-electron chi connectivity index (χ4n) is 2.56. The van der Waals surface area contributed by atoms with Crippen molar-refractivity contribution in [1.82, 2.24) is 0 Å². The first-order valence-corrected chi connectivity index (χ1v) is 8.30. The molecule has 0 saturated heterocycles. The molecule has 4 N–H and O–H groups in total. The zero-order valence-corrected chi connectivity index (χ0v) is 14.6. The van der Waals surface area contributed by atoms with Crippen LogP contribution >= 0.6 is 0 Å². The molecule has 25 heavy (non-hydrogen) atoms. The van der Waals surface area contributed by atoms with E-state index in [0.717, 1.165) is 5.56 Å². The number of hydrogen-bond donors (Lipinski definition) is 2. The van der Waals surface area contributed by atoms with Gasteiger partial charge in [0.2, 0.25) is 0 Å². The summed E-state index contributed by atoms with van der Waals surface area (Å²) in [4.78, 5) is 25.7. The number of carbonyl (C=O) groups excluding carboxylic acids is 2. The van der Waals surface area contributed by atoms with Crippen LogP contribution in [0.2, 0.25) is 0 Å². The van der Waals surface area contributed by atoms with Crippen LogP contribution in [-0.4, -0.2) is 17.3 Å². The topological polar surface area (TPSA) is 95.4 Å². The lowest BCUT2D eigenvalue weighted by molar-refractivity contribution is -0.151. The van der Waals surface area contributed by atoms with Gasteiger partial charge in [-0.1, -0.05) is 50.6 Å². The Hall–Kier alpha value is -2.66. The fraction of sp³-hybridized carbons (Fsp3) is 0.300. The zero-order chi connectivity index (χ0) is 18.4. The highest BCUT2D eigenvalue weighted by atomic mass is 16.5. The van der Waals surface area contributed by atoms with Crippen molar-refractivity contribution in [2.75, 3.05) is 5.73 Å². The van der Waals surface area contributed by atoms with Gasteiger partial charge >= 0.3 is 5.97 Å². The monoisotopic (exact) mass is 340 g/mol. The second-order valence-corrected chi connectivity index (χ2v) is 6.19. The van der Waals surface area contributed by atoms with Gasteiger partial charge in [-0.2, -0.15) is 0 Å². The third-order valence-electron chi connectivity index (χ3n) is 4.49. The van der Waals surface area contributed by atoms with Crippen molar-refractivity contribution in [3.05, 3.63) is 65.7 Å². The van der Waals surface area contributed by atoms with E-state index in [2.05, 4.69) is 0 Å². The van der Waals surface area contributed by atoms with Crippen LogP contribution in [0.4, 0.5) is 5.69 Å². The summed E-state index contributed by atoms with van der Waals surface area (Å²) >= 11 is 0. The summed E-state index contributed by atoms with van der Waals surface area (Å²) in [6, 6.07) is 15.6. The molecule has 0 radical (unpaired) electrons. The molecule has 2 aromatic rings. The van der Waals surface area contributed by atoms with Crippen molar-refractivity contribution in [1.29, 1.82) is 0 Å². The molecule has 0 aromatic heterocycles. The number of ether oxygens (including phenoxy) is 1. The minimum absolute atomic E-state index is 0.0735. The van der Waals surface area contributed by atoms with Crippen molar-refractivity contribution < 1.29 is 14.3 Å². The van der Waals surface area contributed by atoms with Crippen LogP contribution in [0.1, 0.15) is 36.2 Å².